The monoisotopic (exact) mass is 520 g/mol. The van der Waals surface area contributed by atoms with Crippen molar-refractivity contribution in [3.63, 3.8) is 0 Å². The van der Waals surface area contributed by atoms with E-state index < -0.39 is 6.09 Å². The van der Waals surface area contributed by atoms with E-state index in [0.717, 1.165) is 31.2 Å². The van der Waals surface area contributed by atoms with Crippen LogP contribution < -0.4 is 10.2 Å². The second kappa shape index (κ2) is 12.2. The maximum Gasteiger partial charge on any atom is 0.421 e. The van der Waals surface area contributed by atoms with Crippen molar-refractivity contribution in [3.05, 3.63) is 59.7 Å². The molecule has 3 aliphatic rings. The number of amidine groups is 2. The van der Waals surface area contributed by atoms with E-state index in [1.165, 1.54) is 9.91 Å². The molecule has 3 heterocycles. The fraction of sp³-hybridized carbons (Fsp3) is 0.370. The smallest absolute Gasteiger partial charge is 0.421 e. The number of phenols is 1. The Bertz CT molecular complexity index is 1260. The topological polar surface area (TPSA) is 127 Å². The number of benzene rings is 2. The molecule has 0 bridgehead atoms. The minimum Gasteiger partial charge on any atom is -0.507 e. The van der Waals surface area contributed by atoms with Gasteiger partial charge < -0.3 is 9.84 Å². The molecule has 38 heavy (non-hydrogen) atoms. The zero-order chi connectivity index (χ0) is 27.1. The number of aromatic hydroxyl groups is 1. The van der Waals surface area contributed by atoms with Crippen LogP contribution in [0.4, 0.5) is 4.79 Å². The molecule has 0 spiro atoms. The number of carbonyl (C=O) groups is 3. The molecule has 2 N–H and O–H groups in total. The van der Waals surface area contributed by atoms with Gasteiger partial charge in [0.1, 0.15) is 24.6 Å². The van der Waals surface area contributed by atoms with Crippen LogP contribution in [0.15, 0.2) is 58.6 Å². The Labute approximate surface area is 221 Å². The molecular weight excluding hydrogens is 488 g/mol. The van der Waals surface area contributed by atoms with Crippen LogP contribution in [0.1, 0.15) is 50.7 Å². The van der Waals surface area contributed by atoms with E-state index in [0.29, 0.717) is 36.1 Å². The molecule has 0 radical (unpaired) electrons. The Hall–Kier alpha value is -4.41. The van der Waals surface area contributed by atoms with Gasteiger partial charge in [0.2, 0.25) is 0 Å². The second-order valence-corrected chi connectivity index (χ2v) is 8.94. The largest absolute Gasteiger partial charge is 0.507 e. The van der Waals surface area contributed by atoms with Gasteiger partial charge in [-0.05, 0) is 37.1 Å². The molecule has 0 aromatic heterocycles. The van der Waals surface area contributed by atoms with Crippen molar-refractivity contribution in [1.29, 1.82) is 0 Å². The number of hydrazone groups is 1. The number of carbonyl (C=O) groups excluding carboxylic acids is 3. The molecule has 11 nitrogen and oxygen atoms in total. The summed E-state index contributed by atoms with van der Waals surface area (Å²) < 4.78 is 5.20. The van der Waals surface area contributed by atoms with E-state index in [2.05, 4.69) is 29.4 Å². The molecule has 0 atom stereocenters. The molecule has 3 aliphatic heterocycles. The van der Waals surface area contributed by atoms with Crippen LogP contribution >= 0.6 is 0 Å². The van der Waals surface area contributed by atoms with Crippen molar-refractivity contribution in [2.24, 2.45) is 10.1 Å². The van der Waals surface area contributed by atoms with E-state index in [1.54, 1.807) is 35.3 Å². The van der Waals surface area contributed by atoms with E-state index in [-0.39, 0.29) is 30.7 Å². The predicted molar refractivity (Wildman–Crippen MR) is 142 cm³/mol. The van der Waals surface area contributed by atoms with Crippen LogP contribution in [0.25, 0.3) is 0 Å². The molecule has 11 heteroatoms. The number of phenolic OH excluding ortho intramolecular Hbond substituents is 1. The minimum atomic E-state index is -0.550. The average molecular weight is 521 g/mol. The lowest BCUT2D eigenvalue weighted by Crippen LogP contribution is -2.53. The SMILES string of the molecule is CCCCN1N=C2c3ccccc3OC(=O)N2CC1=O.CCCCN1NC(c2ccccc2O)=NCC1=O. The van der Waals surface area contributed by atoms with Gasteiger partial charge in [-0.1, -0.05) is 51.0 Å². The highest BCUT2D eigenvalue weighted by atomic mass is 16.6. The molecule has 200 valence electrons. The summed E-state index contributed by atoms with van der Waals surface area (Å²) in [5.41, 5.74) is 4.32. The van der Waals surface area contributed by atoms with Gasteiger partial charge in [0, 0.05) is 13.1 Å². The van der Waals surface area contributed by atoms with E-state index >= 15 is 0 Å². The van der Waals surface area contributed by atoms with Gasteiger partial charge >= 0.3 is 6.09 Å². The van der Waals surface area contributed by atoms with Gasteiger partial charge in [-0.2, -0.15) is 5.10 Å². The first kappa shape index (κ1) is 26.6. The first-order valence-electron chi connectivity index (χ1n) is 12.8. The van der Waals surface area contributed by atoms with Gasteiger partial charge in [0.25, 0.3) is 11.8 Å². The second-order valence-electron chi connectivity index (χ2n) is 8.94. The predicted octanol–water partition coefficient (Wildman–Crippen LogP) is 3.09. The van der Waals surface area contributed by atoms with Crippen LogP contribution in [0, 0.1) is 0 Å². The molecule has 0 saturated heterocycles. The number of nitrogens with zero attached hydrogens (tertiary/aromatic N) is 5. The highest BCUT2D eigenvalue weighted by molar-refractivity contribution is 6.14. The van der Waals surface area contributed by atoms with Gasteiger partial charge in [-0.3, -0.25) is 25.0 Å². The van der Waals surface area contributed by atoms with Crippen molar-refractivity contribution >= 4 is 29.6 Å². The lowest BCUT2D eigenvalue weighted by atomic mass is 10.1. The van der Waals surface area contributed by atoms with E-state index in [9.17, 15) is 19.5 Å². The molecule has 0 unspecified atom stereocenters. The normalized spacial score (nSPS) is 16.4. The average Bonchev–Trinajstić information content (AvgIpc) is 2.92. The molecular formula is C27H32N6O5. The highest BCUT2D eigenvalue weighted by Gasteiger charge is 2.37. The summed E-state index contributed by atoms with van der Waals surface area (Å²) in [7, 11) is 0. The van der Waals surface area contributed by atoms with Crippen molar-refractivity contribution in [2.75, 3.05) is 26.2 Å². The number of rotatable bonds is 7. The number of unbranched alkanes of at least 4 members (excludes halogenated alkanes) is 2. The third kappa shape index (κ3) is 5.93. The first-order chi connectivity index (χ1) is 18.4. The van der Waals surface area contributed by atoms with Crippen molar-refractivity contribution < 1.29 is 24.2 Å². The van der Waals surface area contributed by atoms with Crippen LogP contribution in [0.2, 0.25) is 0 Å². The summed E-state index contributed by atoms with van der Waals surface area (Å²) in [5.74, 6) is 1.46. The summed E-state index contributed by atoms with van der Waals surface area (Å²) in [6, 6.07) is 14.2. The van der Waals surface area contributed by atoms with Gasteiger partial charge in [0.05, 0.1) is 11.1 Å². The Morgan fingerprint density at radius 3 is 2.34 bits per heavy atom. The number of ether oxygens (including phenoxy) is 1. The number of hydrazine groups is 1. The first-order valence-corrected chi connectivity index (χ1v) is 12.8. The lowest BCUT2D eigenvalue weighted by molar-refractivity contribution is -0.133. The number of para-hydroxylation sites is 2. The van der Waals surface area contributed by atoms with Gasteiger partial charge in [0.15, 0.2) is 11.7 Å². The number of fused-ring (bicyclic) bond motifs is 3. The van der Waals surface area contributed by atoms with Crippen LogP contribution in [-0.4, -0.2) is 75.8 Å². The summed E-state index contributed by atoms with van der Waals surface area (Å²) in [6.07, 6.45) is 3.28. The molecule has 3 amide bonds. The van der Waals surface area contributed by atoms with Crippen LogP contribution in [-0.2, 0) is 9.59 Å². The molecule has 2 aromatic rings. The number of nitrogens with one attached hydrogen (secondary N) is 1. The Kier molecular flexibility index (Phi) is 8.57. The molecule has 0 saturated carbocycles. The molecule has 5 rings (SSSR count). The van der Waals surface area contributed by atoms with Crippen LogP contribution in [0.5, 0.6) is 11.5 Å². The molecule has 2 aromatic carbocycles. The third-order valence-electron chi connectivity index (χ3n) is 6.13. The number of aliphatic imine (C=N–C) groups is 1. The fourth-order valence-corrected chi connectivity index (χ4v) is 4.01. The van der Waals surface area contributed by atoms with Crippen molar-refractivity contribution in [1.82, 2.24) is 20.3 Å². The van der Waals surface area contributed by atoms with Crippen LogP contribution in [0.3, 0.4) is 0 Å². The third-order valence-corrected chi connectivity index (χ3v) is 6.13. The van der Waals surface area contributed by atoms with E-state index in [4.69, 9.17) is 4.74 Å². The zero-order valence-electron chi connectivity index (χ0n) is 21.6. The quantitative estimate of drug-likeness (QED) is 0.578. The molecule has 0 aliphatic carbocycles. The highest BCUT2D eigenvalue weighted by Crippen LogP contribution is 2.28. The fourth-order valence-electron chi connectivity index (χ4n) is 4.01. The summed E-state index contributed by atoms with van der Waals surface area (Å²) in [5, 5.41) is 17.1. The van der Waals surface area contributed by atoms with Gasteiger partial charge in [-0.25, -0.2) is 14.7 Å². The zero-order valence-corrected chi connectivity index (χ0v) is 21.6. The summed E-state index contributed by atoms with van der Waals surface area (Å²) >= 11 is 0. The Morgan fingerprint density at radius 1 is 0.921 bits per heavy atom. The van der Waals surface area contributed by atoms with Crippen molar-refractivity contribution in [3.8, 4) is 11.5 Å². The Morgan fingerprint density at radius 2 is 1.61 bits per heavy atom. The standard InChI is InChI=1S/C14H15N3O3.C13H17N3O2/c1-2-3-8-17-12(18)9-16-13(15-17)10-6-4-5-7-11(10)20-14(16)19;1-2-3-8-16-12(18)9-14-13(15-16)10-6-4-5-7-11(10)17/h4-7H,2-3,8-9H2,1H3;4-7,17H,2-3,8-9H2,1H3,(H,14,15). The number of amides is 3. The number of hydrogen-bond acceptors (Lipinski definition) is 8. The summed E-state index contributed by atoms with van der Waals surface area (Å²) in [6.45, 7) is 5.47. The van der Waals surface area contributed by atoms with Crippen molar-refractivity contribution in [2.45, 2.75) is 39.5 Å². The Balaban J connectivity index is 0.000000178. The van der Waals surface area contributed by atoms with E-state index in [1.807, 2.05) is 18.2 Å². The minimum absolute atomic E-state index is 0.0181. The number of hydrogen-bond donors (Lipinski definition) is 2. The molecule has 0 fully saturated rings. The van der Waals surface area contributed by atoms with Gasteiger partial charge in [-0.15, -0.1) is 0 Å². The maximum absolute atomic E-state index is 12.0. The maximum atomic E-state index is 12.0. The lowest BCUT2D eigenvalue weighted by Gasteiger charge is -2.34. The summed E-state index contributed by atoms with van der Waals surface area (Å²) in [4.78, 5) is 41.0.